The Morgan fingerprint density at radius 1 is 1.10 bits per heavy atom. The topological polar surface area (TPSA) is 35.8 Å². The van der Waals surface area contributed by atoms with Gasteiger partial charge in [0.2, 0.25) is 0 Å². The molecule has 0 heterocycles. The Morgan fingerprint density at radius 3 is 2.40 bits per heavy atom. The van der Waals surface area contributed by atoms with Gasteiger partial charge in [-0.1, -0.05) is 44.2 Å². The molecule has 2 nitrogen and oxygen atoms in total. The molecule has 0 saturated heterocycles. The maximum atomic E-state index is 8.94. The van der Waals surface area contributed by atoms with Gasteiger partial charge in [-0.25, -0.2) is 0 Å². The summed E-state index contributed by atoms with van der Waals surface area (Å²) >= 11 is 0. The molecule has 0 aromatic heterocycles. The predicted octanol–water partition coefficient (Wildman–Crippen LogP) is 4.60. The highest BCUT2D eigenvalue weighted by Gasteiger charge is 2.02. The molecule has 0 spiro atoms. The number of hydrogen-bond acceptors (Lipinski definition) is 2. The van der Waals surface area contributed by atoms with Gasteiger partial charge in [0.1, 0.15) is 0 Å². The minimum Gasteiger partial charge on any atom is -0.381 e. The van der Waals surface area contributed by atoms with Crippen LogP contribution in [0, 0.1) is 18.3 Å². The number of rotatable bonds is 4. The summed E-state index contributed by atoms with van der Waals surface area (Å²) < 4.78 is 0. The summed E-state index contributed by atoms with van der Waals surface area (Å²) in [6, 6.07) is 16.6. The number of anilines is 1. The molecule has 1 N–H and O–H groups in total. The van der Waals surface area contributed by atoms with Crippen molar-refractivity contribution in [2.75, 3.05) is 5.32 Å². The van der Waals surface area contributed by atoms with Crippen molar-refractivity contribution in [1.29, 1.82) is 5.26 Å². The summed E-state index contributed by atoms with van der Waals surface area (Å²) in [5.74, 6) is 0.562. The first-order chi connectivity index (χ1) is 9.60. The van der Waals surface area contributed by atoms with E-state index in [-0.39, 0.29) is 0 Å². The molecule has 2 rings (SSSR count). The molecule has 0 unspecified atom stereocenters. The average Bonchev–Trinajstić information content (AvgIpc) is 2.47. The molecule has 0 amide bonds. The van der Waals surface area contributed by atoms with E-state index in [9.17, 15) is 0 Å². The van der Waals surface area contributed by atoms with Gasteiger partial charge in [-0.05, 0) is 41.7 Å². The molecule has 0 bridgehead atoms. The highest BCUT2D eigenvalue weighted by Crippen LogP contribution is 2.19. The van der Waals surface area contributed by atoms with E-state index in [1.807, 2.05) is 25.1 Å². The molecule has 2 heteroatoms. The Labute approximate surface area is 121 Å². The molecular formula is C18H20N2. The Kier molecular flexibility index (Phi) is 4.42. The van der Waals surface area contributed by atoms with Gasteiger partial charge in [0.15, 0.2) is 0 Å². The molecule has 0 radical (unpaired) electrons. The zero-order valence-corrected chi connectivity index (χ0v) is 12.3. The molecule has 102 valence electrons. The molecular weight excluding hydrogens is 244 g/mol. The van der Waals surface area contributed by atoms with Gasteiger partial charge in [-0.2, -0.15) is 5.26 Å². The Balaban J connectivity index is 2.07. The summed E-state index contributed by atoms with van der Waals surface area (Å²) in [6.07, 6.45) is 0. The lowest BCUT2D eigenvalue weighted by atomic mass is 10.0. The summed E-state index contributed by atoms with van der Waals surface area (Å²) in [5.41, 5.74) is 5.47. The largest absolute Gasteiger partial charge is 0.381 e. The van der Waals surface area contributed by atoms with E-state index in [4.69, 9.17) is 5.26 Å². The molecule has 0 saturated carbocycles. The zero-order chi connectivity index (χ0) is 14.5. The van der Waals surface area contributed by atoms with Crippen LogP contribution in [0.25, 0.3) is 0 Å². The highest BCUT2D eigenvalue weighted by molar-refractivity contribution is 5.55. The normalized spacial score (nSPS) is 10.3. The van der Waals surface area contributed by atoms with Crippen LogP contribution in [0.4, 0.5) is 5.69 Å². The van der Waals surface area contributed by atoms with Crippen molar-refractivity contribution >= 4 is 5.69 Å². The SMILES string of the molecule is Cc1ccc(C#N)cc1NCc1ccc(C(C)C)cc1. The fourth-order valence-corrected chi connectivity index (χ4v) is 2.10. The monoisotopic (exact) mass is 264 g/mol. The molecule has 0 aliphatic heterocycles. The van der Waals surface area contributed by atoms with Crippen LogP contribution in [0.15, 0.2) is 42.5 Å². The molecule has 2 aromatic rings. The molecule has 20 heavy (non-hydrogen) atoms. The van der Waals surface area contributed by atoms with E-state index >= 15 is 0 Å². The number of nitrogens with zero attached hydrogens (tertiary/aromatic N) is 1. The van der Waals surface area contributed by atoms with E-state index in [0.29, 0.717) is 11.5 Å². The van der Waals surface area contributed by atoms with Crippen molar-refractivity contribution < 1.29 is 0 Å². The lowest BCUT2D eigenvalue weighted by Crippen LogP contribution is -2.01. The molecule has 0 aliphatic rings. The van der Waals surface area contributed by atoms with Gasteiger partial charge in [0, 0.05) is 12.2 Å². The van der Waals surface area contributed by atoms with Gasteiger partial charge in [0.05, 0.1) is 11.6 Å². The van der Waals surface area contributed by atoms with E-state index < -0.39 is 0 Å². The Hall–Kier alpha value is -2.27. The first-order valence-corrected chi connectivity index (χ1v) is 6.93. The van der Waals surface area contributed by atoms with Crippen LogP contribution in [-0.2, 0) is 6.54 Å². The molecule has 2 aromatic carbocycles. The van der Waals surface area contributed by atoms with Crippen molar-refractivity contribution in [2.45, 2.75) is 33.2 Å². The Morgan fingerprint density at radius 2 is 1.80 bits per heavy atom. The van der Waals surface area contributed by atoms with Gasteiger partial charge < -0.3 is 5.32 Å². The van der Waals surface area contributed by atoms with E-state index in [2.05, 4.69) is 49.5 Å². The van der Waals surface area contributed by atoms with Crippen LogP contribution in [-0.4, -0.2) is 0 Å². The number of nitriles is 1. The minimum atomic E-state index is 0.562. The van der Waals surface area contributed by atoms with Crippen molar-refractivity contribution in [3.05, 3.63) is 64.7 Å². The van der Waals surface area contributed by atoms with Gasteiger partial charge in [0.25, 0.3) is 0 Å². The van der Waals surface area contributed by atoms with Gasteiger partial charge >= 0.3 is 0 Å². The zero-order valence-electron chi connectivity index (χ0n) is 12.3. The summed E-state index contributed by atoms with van der Waals surface area (Å²) in [6.45, 7) is 7.22. The fraction of sp³-hybridized carbons (Fsp3) is 0.278. The van der Waals surface area contributed by atoms with Crippen molar-refractivity contribution in [3.63, 3.8) is 0 Å². The number of benzene rings is 2. The third-order valence-corrected chi connectivity index (χ3v) is 3.50. The van der Waals surface area contributed by atoms with Crippen LogP contribution >= 0.6 is 0 Å². The van der Waals surface area contributed by atoms with Crippen LogP contribution in [0.1, 0.15) is 42.0 Å². The van der Waals surface area contributed by atoms with E-state index in [1.165, 1.54) is 11.1 Å². The maximum absolute atomic E-state index is 8.94. The van der Waals surface area contributed by atoms with Crippen molar-refractivity contribution in [1.82, 2.24) is 0 Å². The van der Waals surface area contributed by atoms with E-state index in [0.717, 1.165) is 17.8 Å². The van der Waals surface area contributed by atoms with Crippen molar-refractivity contribution in [2.24, 2.45) is 0 Å². The number of hydrogen-bond donors (Lipinski definition) is 1. The second kappa shape index (κ2) is 6.25. The fourth-order valence-electron chi connectivity index (χ4n) is 2.10. The summed E-state index contributed by atoms with van der Waals surface area (Å²) in [7, 11) is 0. The molecule has 0 fully saturated rings. The van der Waals surface area contributed by atoms with E-state index in [1.54, 1.807) is 0 Å². The molecule has 0 aliphatic carbocycles. The minimum absolute atomic E-state index is 0.562. The predicted molar refractivity (Wildman–Crippen MR) is 83.8 cm³/mol. The lowest BCUT2D eigenvalue weighted by Gasteiger charge is -2.11. The standard InChI is InChI=1S/C18H20N2/c1-13(2)17-8-6-15(7-9-17)12-20-18-10-16(11-19)5-4-14(18)3/h4-10,13,20H,12H2,1-3H3. The number of aryl methyl sites for hydroxylation is 1. The van der Waals surface area contributed by atoms with Crippen molar-refractivity contribution in [3.8, 4) is 6.07 Å². The van der Waals surface area contributed by atoms with Crippen LogP contribution < -0.4 is 5.32 Å². The third kappa shape index (κ3) is 3.39. The average molecular weight is 264 g/mol. The van der Waals surface area contributed by atoms with Gasteiger partial charge in [-0.3, -0.25) is 0 Å². The smallest absolute Gasteiger partial charge is 0.0992 e. The summed E-state index contributed by atoms with van der Waals surface area (Å²) in [4.78, 5) is 0. The second-order valence-corrected chi connectivity index (χ2v) is 5.39. The third-order valence-electron chi connectivity index (χ3n) is 3.50. The Bertz CT molecular complexity index is 619. The quantitative estimate of drug-likeness (QED) is 0.875. The highest BCUT2D eigenvalue weighted by atomic mass is 14.9. The first kappa shape index (κ1) is 14.1. The van der Waals surface area contributed by atoms with Gasteiger partial charge in [-0.15, -0.1) is 0 Å². The summed E-state index contributed by atoms with van der Waals surface area (Å²) in [5, 5.41) is 12.3. The number of nitrogens with one attached hydrogen (secondary N) is 1. The maximum Gasteiger partial charge on any atom is 0.0992 e. The van der Waals surface area contributed by atoms with Crippen LogP contribution in [0.2, 0.25) is 0 Å². The van der Waals surface area contributed by atoms with Crippen LogP contribution in [0.3, 0.4) is 0 Å². The first-order valence-electron chi connectivity index (χ1n) is 6.93. The molecule has 0 atom stereocenters. The van der Waals surface area contributed by atoms with Crippen LogP contribution in [0.5, 0.6) is 0 Å². The lowest BCUT2D eigenvalue weighted by molar-refractivity contribution is 0.865. The second-order valence-electron chi connectivity index (χ2n) is 5.39.